The van der Waals surface area contributed by atoms with E-state index in [1.54, 1.807) is 13.8 Å². The van der Waals surface area contributed by atoms with E-state index < -0.39 is 0 Å². The molecule has 0 radical (unpaired) electrons. The predicted octanol–water partition coefficient (Wildman–Crippen LogP) is 13.1. The van der Waals surface area contributed by atoms with Gasteiger partial charge in [-0.3, -0.25) is 4.79 Å². The summed E-state index contributed by atoms with van der Waals surface area (Å²) < 4.78 is 0. The normalized spacial score (nSPS) is 13.1. The Morgan fingerprint density at radius 2 is 1.27 bits per heavy atom. The second-order valence-electron chi connectivity index (χ2n) is 13.0. The molecular weight excluding hydrogens is 709 g/mol. The Kier molecular flexibility index (Phi) is 25.0. The van der Waals surface area contributed by atoms with Crippen molar-refractivity contribution < 1.29 is 9.90 Å². The molecule has 6 nitrogen and oxygen atoms in total. The Balaban J connectivity index is 0.00000190. The van der Waals surface area contributed by atoms with Crippen molar-refractivity contribution in [3.05, 3.63) is 142 Å². The highest BCUT2D eigenvalue weighted by molar-refractivity contribution is 7.80. The fourth-order valence-electron chi connectivity index (χ4n) is 6.03. The van der Waals surface area contributed by atoms with Gasteiger partial charge in [0.1, 0.15) is 5.76 Å². The molecule has 0 spiro atoms. The lowest BCUT2D eigenvalue weighted by Gasteiger charge is -2.12. The molecule has 0 unspecified atom stereocenters. The maximum atomic E-state index is 12.8. The van der Waals surface area contributed by atoms with Crippen LogP contribution >= 0.6 is 12.2 Å². The number of allylic oxidation sites excluding steroid dienone is 10. The Bertz CT molecular complexity index is 2040. The largest absolute Gasteiger partial charge is 0.512 e. The van der Waals surface area contributed by atoms with Crippen molar-refractivity contribution >= 4 is 61.5 Å². The number of aryl methyl sites for hydroxylation is 1. The lowest BCUT2D eigenvalue weighted by molar-refractivity contribution is -0.113. The van der Waals surface area contributed by atoms with Crippen LogP contribution in [0.5, 0.6) is 0 Å². The van der Waals surface area contributed by atoms with Gasteiger partial charge in [-0.05, 0) is 116 Å². The molecule has 0 heterocycles. The summed E-state index contributed by atoms with van der Waals surface area (Å²) >= 11 is 4.31. The molecular formula is C49H68N4O2S. The van der Waals surface area contributed by atoms with Gasteiger partial charge in [-0.1, -0.05) is 152 Å². The number of thiocarbonyl (C=S) groups is 1. The van der Waals surface area contributed by atoms with E-state index in [1.807, 2.05) is 62.4 Å². The van der Waals surface area contributed by atoms with Gasteiger partial charge in [0.2, 0.25) is 0 Å². The van der Waals surface area contributed by atoms with E-state index in [2.05, 4.69) is 108 Å². The molecule has 0 bridgehead atoms. The molecule has 302 valence electrons. The van der Waals surface area contributed by atoms with Crippen molar-refractivity contribution in [1.29, 1.82) is 5.41 Å². The first-order valence-electron chi connectivity index (χ1n) is 19.6. The summed E-state index contributed by atoms with van der Waals surface area (Å²) in [6, 6.07) is 24.3. The van der Waals surface area contributed by atoms with Gasteiger partial charge in [0.15, 0.2) is 5.78 Å². The van der Waals surface area contributed by atoms with Gasteiger partial charge in [0.05, 0.1) is 16.3 Å². The lowest BCUT2D eigenvalue weighted by atomic mass is 9.92. The number of anilines is 1. The van der Waals surface area contributed by atoms with Crippen LogP contribution in [0.15, 0.2) is 125 Å². The minimum atomic E-state index is -0.189. The Morgan fingerprint density at radius 3 is 1.77 bits per heavy atom. The number of nitrogens with two attached hydrogens (primary N) is 3. The minimum Gasteiger partial charge on any atom is -0.512 e. The van der Waals surface area contributed by atoms with Gasteiger partial charge < -0.3 is 27.7 Å². The predicted molar refractivity (Wildman–Crippen MR) is 253 cm³/mol. The number of carbonyl (C=O) groups excluding carboxylic acids is 1. The Labute approximate surface area is 343 Å². The molecule has 8 N–H and O–H groups in total. The van der Waals surface area contributed by atoms with E-state index >= 15 is 0 Å². The van der Waals surface area contributed by atoms with E-state index in [0.717, 1.165) is 72.6 Å². The summed E-state index contributed by atoms with van der Waals surface area (Å²) in [7, 11) is 1.50. The fraction of sp³-hybridized carbons (Fsp3) is 0.327. The van der Waals surface area contributed by atoms with Crippen LogP contribution in [0.25, 0.3) is 27.1 Å². The Hall–Kier alpha value is -5.11. The first-order chi connectivity index (χ1) is 26.7. The van der Waals surface area contributed by atoms with Gasteiger partial charge in [-0.15, -0.1) is 0 Å². The number of fused-ring (bicyclic) bond motifs is 2. The van der Waals surface area contributed by atoms with Crippen LogP contribution in [0.1, 0.15) is 112 Å². The lowest BCUT2D eigenvalue weighted by Crippen LogP contribution is -2.05. The highest BCUT2D eigenvalue weighted by Gasteiger charge is 2.25. The summed E-state index contributed by atoms with van der Waals surface area (Å²) in [6.45, 7) is 21.3. The van der Waals surface area contributed by atoms with Gasteiger partial charge >= 0.3 is 0 Å². The third-order valence-electron chi connectivity index (χ3n) is 8.02. The van der Waals surface area contributed by atoms with Crippen LogP contribution in [0.3, 0.4) is 0 Å². The van der Waals surface area contributed by atoms with Crippen LogP contribution in [-0.2, 0) is 4.79 Å². The molecule has 1 aliphatic carbocycles. The van der Waals surface area contributed by atoms with E-state index in [9.17, 15) is 9.90 Å². The zero-order valence-corrected chi connectivity index (χ0v) is 36.9. The zero-order valence-electron chi connectivity index (χ0n) is 36.1. The molecule has 56 heavy (non-hydrogen) atoms. The van der Waals surface area contributed by atoms with Crippen molar-refractivity contribution in [2.45, 2.75) is 102 Å². The summed E-state index contributed by atoms with van der Waals surface area (Å²) in [5, 5.41) is 23.8. The van der Waals surface area contributed by atoms with Crippen LogP contribution in [0, 0.1) is 12.3 Å². The smallest absolute Gasteiger partial charge is 0.163 e. The number of benzene rings is 4. The highest BCUT2D eigenvalue weighted by Crippen LogP contribution is 2.39. The van der Waals surface area contributed by atoms with Crippen molar-refractivity contribution in [2.75, 3.05) is 12.8 Å². The SMILES string of the molecule is CC.CC(=O)C(=C(C)O)C1=C(C=CC(=N)c2cccc3cccc(C)c23)CC/C1=C\C=C(/C)c1cccc2cccc(N)c12.CC(N)=S.CCC.CCC.CN. The molecule has 0 saturated heterocycles. The number of nitrogens with one attached hydrogen (secondary N) is 1. The maximum absolute atomic E-state index is 12.8. The first kappa shape index (κ1) is 50.9. The van der Waals surface area contributed by atoms with Crippen molar-refractivity contribution in [3.63, 3.8) is 0 Å². The topological polar surface area (TPSA) is 139 Å². The first-order valence-corrected chi connectivity index (χ1v) is 20.0. The third kappa shape index (κ3) is 15.2. The van der Waals surface area contributed by atoms with Crippen molar-refractivity contribution in [2.24, 2.45) is 11.5 Å². The summed E-state index contributed by atoms with van der Waals surface area (Å²) in [6.07, 6.45) is 11.8. The summed E-state index contributed by atoms with van der Waals surface area (Å²) in [4.78, 5) is 13.3. The van der Waals surface area contributed by atoms with Crippen molar-refractivity contribution in [3.8, 4) is 0 Å². The monoisotopic (exact) mass is 777 g/mol. The standard InChI is InChI=1S/C38H36N2O2.2C3H8.C2H5NS.C2H6.CH5N/c1-23(31-14-6-12-28-13-8-16-34(40)38(28)31)17-18-29-19-20-30(37(29)36(25(3)41)26(4)42)21-22-33(39)32-15-7-11-27-10-5-9-24(2)35(27)32;2*1-3-2;1-2(3)4;2*1-2/h5-18,21-22,39,41H,19-20,40H2,1-4H3;2*3H2,1-2H3;1H3,(H2,3,4);1-2H3;2H2,1H3/b22-21?,23-17+,29-18+,36-25?,39-33?;;;;;. The molecule has 4 aromatic rings. The number of hydrogen-bond acceptors (Lipinski definition) is 6. The average molecular weight is 777 g/mol. The van der Waals surface area contributed by atoms with Gasteiger partial charge in [0, 0.05) is 16.6 Å². The van der Waals surface area contributed by atoms with E-state index in [0.29, 0.717) is 22.7 Å². The summed E-state index contributed by atoms with van der Waals surface area (Å²) in [5.41, 5.74) is 23.9. The van der Waals surface area contributed by atoms with Gasteiger partial charge in [0.25, 0.3) is 0 Å². The quantitative estimate of drug-likeness (QED) is 0.0416. The second kappa shape index (κ2) is 27.5. The van der Waals surface area contributed by atoms with E-state index in [-0.39, 0.29) is 11.5 Å². The van der Waals surface area contributed by atoms with E-state index in [1.165, 1.54) is 26.8 Å². The fourth-order valence-corrected chi connectivity index (χ4v) is 6.03. The van der Waals surface area contributed by atoms with Gasteiger partial charge in [-0.2, -0.15) is 0 Å². The number of Topliss-reactive ketones (excluding diaryl/α,β-unsaturated/α-hetero) is 1. The number of nitrogen functional groups attached to an aromatic ring is 1. The van der Waals surface area contributed by atoms with Crippen LogP contribution in [0.2, 0.25) is 0 Å². The number of ketones is 1. The Morgan fingerprint density at radius 1 is 0.804 bits per heavy atom. The van der Waals surface area contributed by atoms with E-state index in [4.69, 9.17) is 16.9 Å². The van der Waals surface area contributed by atoms with Gasteiger partial charge in [-0.25, -0.2) is 0 Å². The number of aliphatic hydroxyl groups excluding tert-OH is 1. The number of rotatable bonds is 7. The molecule has 0 aliphatic heterocycles. The maximum Gasteiger partial charge on any atom is 0.163 e. The second-order valence-corrected chi connectivity index (χ2v) is 13.6. The highest BCUT2D eigenvalue weighted by atomic mass is 32.1. The molecule has 0 saturated carbocycles. The molecule has 0 aromatic heterocycles. The molecule has 1 aliphatic rings. The zero-order chi connectivity index (χ0) is 43.0. The summed E-state index contributed by atoms with van der Waals surface area (Å²) in [5.74, 6) is -0.190. The van der Waals surface area contributed by atoms with Crippen molar-refractivity contribution in [1.82, 2.24) is 0 Å². The van der Waals surface area contributed by atoms with Crippen LogP contribution in [0.4, 0.5) is 5.69 Å². The van der Waals surface area contributed by atoms with Crippen LogP contribution in [-0.4, -0.2) is 28.6 Å². The molecule has 0 fully saturated rings. The molecule has 0 amide bonds. The number of hydrogen-bond donors (Lipinski definition) is 5. The van der Waals surface area contributed by atoms with Crippen LogP contribution < -0.4 is 17.2 Å². The minimum absolute atomic E-state index is 0.00140. The molecule has 5 rings (SSSR count). The average Bonchev–Trinajstić information content (AvgIpc) is 3.56. The number of aliphatic hydroxyl groups is 1. The number of carbonyl (C=O) groups is 1. The molecule has 0 atom stereocenters. The molecule has 4 aromatic carbocycles. The molecule has 7 heteroatoms. The third-order valence-corrected chi connectivity index (χ3v) is 8.02.